The Kier molecular flexibility index (Phi) is 5.66. The minimum Gasteiger partial charge on any atom is -0.349 e. The van der Waals surface area contributed by atoms with Crippen molar-refractivity contribution < 1.29 is 9.47 Å². The lowest BCUT2D eigenvalue weighted by Crippen LogP contribution is -2.12. The van der Waals surface area contributed by atoms with E-state index in [1.165, 1.54) is 11.1 Å². The second kappa shape index (κ2) is 6.77. The quantitative estimate of drug-likeness (QED) is 0.689. The SMILES string of the molecule is CCOC(OCC)c1ccc(C)cc1C(C)C. The molecule has 0 heterocycles. The van der Waals surface area contributed by atoms with Crippen molar-refractivity contribution in [3.63, 3.8) is 0 Å². The molecule has 0 fully saturated rings. The molecule has 0 unspecified atom stereocenters. The van der Waals surface area contributed by atoms with Crippen LogP contribution >= 0.6 is 0 Å². The van der Waals surface area contributed by atoms with E-state index in [1.54, 1.807) is 0 Å². The molecular formula is C15H24O2. The van der Waals surface area contributed by atoms with Gasteiger partial charge in [0.2, 0.25) is 0 Å². The molecule has 0 aliphatic rings. The van der Waals surface area contributed by atoms with Gasteiger partial charge in [0, 0.05) is 18.8 Å². The van der Waals surface area contributed by atoms with E-state index in [0.717, 1.165) is 5.56 Å². The largest absolute Gasteiger partial charge is 0.349 e. The predicted molar refractivity (Wildman–Crippen MR) is 71.3 cm³/mol. The van der Waals surface area contributed by atoms with Crippen LogP contribution in [0.5, 0.6) is 0 Å². The molecule has 0 aliphatic carbocycles. The molecule has 0 saturated heterocycles. The summed E-state index contributed by atoms with van der Waals surface area (Å²) in [7, 11) is 0. The fourth-order valence-corrected chi connectivity index (χ4v) is 1.94. The Morgan fingerprint density at radius 2 is 1.59 bits per heavy atom. The maximum Gasteiger partial charge on any atom is 0.184 e. The predicted octanol–water partition coefficient (Wildman–Crippen LogP) is 4.19. The Balaban J connectivity index is 3.07. The molecule has 0 saturated carbocycles. The normalized spacial score (nSPS) is 11.5. The molecule has 0 amide bonds. The van der Waals surface area contributed by atoms with Gasteiger partial charge in [-0.15, -0.1) is 0 Å². The molecule has 0 N–H and O–H groups in total. The van der Waals surface area contributed by atoms with Gasteiger partial charge in [0.25, 0.3) is 0 Å². The number of rotatable bonds is 6. The fraction of sp³-hybridized carbons (Fsp3) is 0.600. The van der Waals surface area contributed by atoms with Crippen LogP contribution < -0.4 is 0 Å². The van der Waals surface area contributed by atoms with E-state index < -0.39 is 0 Å². The van der Waals surface area contributed by atoms with Crippen LogP contribution in [0.4, 0.5) is 0 Å². The summed E-state index contributed by atoms with van der Waals surface area (Å²) in [5.74, 6) is 0.480. The van der Waals surface area contributed by atoms with Crippen molar-refractivity contribution >= 4 is 0 Å². The number of hydrogen-bond acceptors (Lipinski definition) is 2. The van der Waals surface area contributed by atoms with Gasteiger partial charge in [-0.3, -0.25) is 0 Å². The van der Waals surface area contributed by atoms with Crippen LogP contribution in [0.1, 0.15) is 56.6 Å². The molecule has 1 rings (SSSR count). The second-order valence-corrected chi connectivity index (χ2v) is 4.53. The summed E-state index contributed by atoms with van der Waals surface area (Å²) < 4.78 is 11.4. The van der Waals surface area contributed by atoms with E-state index in [0.29, 0.717) is 19.1 Å². The van der Waals surface area contributed by atoms with Gasteiger partial charge in [-0.1, -0.05) is 37.6 Å². The third-order valence-electron chi connectivity index (χ3n) is 2.75. The maximum atomic E-state index is 5.68. The lowest BCUT2D eigenvalue weighted by atomic mass is 9.95. The van der Waals surface area contributed by atoms with Crippen LogP contribution in [-0.2, 0) is 9.47 Å². The van der Waals surface area contributed by atoms with Gasteiger partial charge in [0.15, 0.2) is 6.29 Å². The third-order valence-corrected chi connectivity index (χ3v) is 2.75. The molecule has 0 aliphatic heterocycles. The zero-order chi connectivity index (χ0) is 12.8. The van der Waals surface area contributed by atoms with Crippen LogP contribution in [0, 0.1) is 6.92 Å². The zero-order valence-corrected chi connectivity index (χ0v) is 11.6. The standard InChI is InChI=1S/C15H24O2/c1-6-16-15(17-7-2)13-9-8-12(5)10-14(13)11(3)4/h8-11,15H,6-7H2,1-5H3. The molecule has 2 heteroatoms. The summed E-state index contributed by atoms with van der Waals surface area (Å²) in [5, 5.41) is 0. The summed E-state index contributed by atoms with van der Waals surface area (Å²) in [6, 6.07) is 6.47. The molecule has 0 aromatic heterocycles. The molecule has 2 nitrogen and oxygen atoms in total. The van der Waals surface area contributed by atoms with E-state index >= 15 is 0 Å². The number of aryl methyl sites for hydroxylation is 1. The van der Waals surface area contributed by atoms with Crippen molar-refractivity contribution in [3.05, 3.63) is 34.9 Å². The topological polar surface area (TPSA) is 18.5 Å². The van der Waals surface area contributed by atoms with Crippen LogP contribution in [0.15, 0.2) is 18.2 Å². The molecule has 17 heavy (non-hydrogen) atoms. The number of hydrogen-bond donors (Lipinski definition) is 0. The van der Waals surface area contributed by atoms with Crippen LogP contribution in [0.3, 0.4) is 0 Å². The highest BCUT2D eigenvalue weighted by atomic mass is 16.7. The average molecular weight is 236 g/mol. The maximum absolute atomic E-state index is 5.68. The summed E-state index contributed by atoms with van der Waals surface area (Å²) in [4.78, 5) is 0. The van der Waals surface area contributed by atoms with E-state index in [1.807, 2.05) is 13.8 Å². The second-order valence-electron chi connectivity index (χ2n) is 4.53. The smallest absolute Gasteiger partial charge is 0.184 e. The Bertz CT molecular complexity index is 339. The van der Waals surface area contributed by atoms with Crippen molar-refractivity contribution in [2.24, 2.45) is 0 Å². The summed E-state index contributed by atoms with van der Waals surface area (Å²) in [5.41, 5.74) is 3.76. The molecule has 96 valence electrons. The van der Waals surface area contributed by atoms with E-state index in [9.17, 15) is 0 Å². The molecule has 0 bridgehead atoms. The summed E-state index contributed by atoms with van der Waals surface area (Å²) in [6.45, 7) is 11.8. The summed E-state index contributed by atoms with van der Waals surface area (Å²) in [6.07, 6.45) is -0.233. The number of ether oxygens (including phenoxy) is 2. The monoisotopic (exact) mass is 236 g/mol. The van der Waals surface area contributed by atoms with Gasteiger partial charge in [0.1, 0.15) is 0 Å². The molecule has 1 aromatic carbocycles. The van der Waals surface area contributed by atoms with Gasteiger partial charge < -0.3 is 9.47 Å². The van der Waals surface area contributed by atoms with Gasteiger partial charge in [-0.2, -0.15) is 0 Å². The van der Waals surface area contributed by atoms with Crippen molar-refractivity contribution in [1.82, 2.24) is 0 Å². The highest BCUT2D eigenvalue weighted by Gasteiger charge is 2.17. The highest BCUT2D eigenvalue weighted by Crippen LogP contribution is 2.29. The van der Waals surface area contributed by atoms with E-state index in [4.69, 9.17) is 9.47 Å². The van der Waals surface area contributed by atoms with Crippen LogP contribution in [0.2, 0.25) is 0 Å². The van der Waals surface area contributed by atoms with Crippen molar-refractivity contribution in [2.45, 2.75) is 46.8 Å². The van der Waals surface area contributed by atoms with Gasteiger partial charge in [-0.05, 0) is 32.3 Å². The van der Waals surface area contributed by atoms with Crippen molar-refractivity contribution in [1.29, 1.82) is 0 Å². The molecule has 0 atom stereocenters. The first kappa shape index (κ1) is 14.2. The first-order valence-electron chi connectivity index (χ1n) is 6.43. The Morgan fingerprint density at radius 3 is 2.06 bits per heavy atom. The number of benzene rings is 1. The molecular weight excluding hydrogens is 212 g/mol. The lowest BCUT2D eigenvalue weighted by molar-refractivity contribution is -0.140. The van der Waals surface area contributed by atoms with Gasteiger partial charge in [-0.25, -0.2) is 0 Å². The Morgan fingerprint density at radius 1 is 1.00 bits per heavy atom. The molecule has 0 spiro atoms. The van der Waals surface area contributed by atoms with Gasteiger partial charge in [0.05, 0.1) is 0 Å². The fourth-order valence-electron chi connectivity index (χ4n) is 1.94. The van der Waals surface area contributed by atoms with E-state index in [-0.39, 0.29) is 6.29 Å². The molecule has 1 aromatic rings. The zero-order valence-electron chi connectivity index (χ0n) is 11.6. The van der Waals surface area contributed by atoms with E-state index in [2.05, 4.69) is 39.0 Å². The Hall–Kier alpha value is -0.860. The van der Waals surface area contributed by atoms with Crippen LogP contribution in [0.25, 0.3) is 0 Å². The Labute approximate surface area is 105 Å². The van der Waals surface area contributed by atoms with Crippen molar-refractivity contribution in [2.75, 3.05) is 13.2 Å². The van der Waals surface area contributed by atoms with Gasteiger partial charge >= 0.3 is 0 Å². The van der Waals surface area contributed by atoms with Crippen LogP contribution in [-0.4, -0.2) is 13.2 Å². The minimum absolute atomic E-state index is 0.233. The first-order chi connectivity index (χ1) is 8.10. The average Bonchev–Trinajstić information content (AvgIpc) is 2.28. The lowest BCUT2D eigenvalue weighted by Gasteiger charge is -2.22. The first-order valence-corrected chi connectivity index (χ1v) is 6.43. The molecule has 0 radical (unpaired) electrons. The third kappa shape index (κ3) is 3.83. The highest BCUT2D eigenvalue weighted by molar-refractivity contribution is 5.34. The van der Waals surface area contributed by atoms with Crippen molar-refractivity contribution in [3.8, 4) is 0 Å². The summed E-state index contributed by atoms with van der Waals surface area (Å²) >= 11 is 0. The minimum atomic E-state index is -0.233.